The summed E-state index contributed by atoms with van der Waals surface area (Å²) in [6.45, 7) is 2.82. The lowest BCUT2D eigenvalue weighted by Gasteiger charge is -2.34. The van der Waals surface area contributed by atoms with Gasteiger partial charge >= 0.3 is 6.18 Å². The predicted octanol–water partition coefficient (Wildman–Crippen LogP) is 3.34. The minimum absolute atomic E-state index is 0.0336. The summed E-state index contributed by atoms with van der Waals surface area (Å²) in [5, 5.41) is 0. The minimum Gasteiger partial charge on any atom is -0.337 e. The number of pyridine rings is 1. The first-order valence-electron chi connectivity index (χ1n) is 8.24. The van der Waals surface area contributed by atoms with Gasteiger partial charge in [0.15, 0.2) is 0 Å². The molecule has 1 aliphatic heterocycles. The molecule has 0 saturated carbocycles. The Morgan fingerprint density at radius 1 is 1.36 bits per heavy atom. The third-order valence-corrected chi connectivity index (χ3v) is 4.50. The van der Waals surface area contributed by atoms with E-state index in [-0.39, 0.29) is 11.6 Å². The van der Waals surface area contributed by atoms with E-state index in [4.69, 9.17) is 0 Å². The standard InChI is InChI=1S/C17H19F3N4O/c1-2-15-22-7-9-24(15)12-4-3-8-23(11-12)16(25)13-5-6-21-10-14(13)17(18,19)20/h5-7,9-10,12H,2-4,8,11H2,1H3. The van der Waals surface area contributed by atoms with Gasteiger partial charge in [-0.1, -0.05) is 6.92 Å². The van der Waals surface area contributed by atoms with Crippen molar-refractivity contribution in [2.24, 2.45) is 0 Å². The van der Waals surface area contributed by atoms with Gasteiger partial charge in [0.2, 0.25) is 0 Å². The van der Waals surface area contributed by atoms with Gasteiger partial charge in [-0.15, -0.1) is 0 Å². The van der Waals surface area contributed by atoms with Gasteiger partial charge in [-0.25, -0.2) is 4.98 Å². The maximum Gasteiger partial charge on any atom is 0.418 e. The topological polar surface area (TPSA) is 51.0 Å². The fourth-order valence-electron chi connectivity index (χ4n) is 3.29. The summed E-state index contributed by atoms with van der Waals surface area (Å²) < 4.78 is 41.5. The fourth-order valence-corrected chi connectivity index (χ4v) is 3.29. The molecule has 0 aromatic carbocycles. The van der Waals surface area contributed by atoms with Crippen molar-refractivity contribution in [3.8, 4) is 0 Å². The van der Waals surface area contributed by atoms with E-state index in [2.05, 4.69) is 9.97 Å². The number of alkyl halides is 3. The second-order valence-corrected chi connectivity index (χ2v) is 6.07. The van der Waals surface area contributed by atoms with Crippen LogP contribution in [0.1, 0.15) is 47.6 Å². The van der Waals surface area contributed by atoms with Gasteiger partial charge in [-0.3, -0.25) is 9.78 Å². The number of piperidine rings is 1. The average molecular weight is 352 g/mol. The molecule has 1 saturated heterocycles. The van der Waals surface area contributed by atoms with Crippen LogP contribution in [0.4, 0.5) is 13.2 Å². The molecule has 3 heterocycles. The Balaban J connectivity index is 1.84. The van der Waals surface area contributed by atoms with Crippen LogP contribution in [0.2, 0.25) is 0 Å². The normalized spacial score (nSPS) is 18.4. The lowest BCUT2D eigenvalue weighted by Crippen LogP contribution is -2.41. The van der Waals surface area contributed by atoms with Crippen molar-refractivity contribution in [3.05, 3.63) is 47.8 Å². The van der Waals surface area contributed by atoms with Crippen molar-refractivity contribution in [2.75, 3.05) is 13.1 Å². The number of hydrogen-bond donors (Lipinski definition) is 0. The van der Waals surface area contributed by atoms with E-state index in [0.717, 1.165) is 31.2 Å². The number of nitrogens with zero attached hydrogens (tertiary/aromatic N) is 4. The molecule has 3 rings (SSSR count). The van der Waals surface area contributed by atoms with Gasteiger partial charge in [0.1, 0.15) is 5.82 Å². The van der Waals surface area contributed by atoms with E-state index < -0.39 is 17.6 Å². The third kappa shape index (κ3) is 3.52. The number of hydrogen-bond acceptors (Lipinski definition) is 3. The largest absolute Gasteiger partial charge is 0.418 e. The second kappa shape index (κ2) is 6.85. The lowest BCUT2D eigenvalue weighted by molar-refractivity contribution is -0.138. The number of carbonyl (C=O) groups excluding carboxylic acids is 1. The first-order chi connectivity index (χ1) is 11.9. The maximum absolute atomic E-state index is 13.2. The van der Waals surface area contributed by atoms with Crippen molar-refractivity contribution < 1.29 is 18.0 Å². The van der Waals surface area contributed by atoms with Gasteiger partial charge in [0.05, 0.1) is 17.2 Å². The van der Waals surface area contributed by atoms with Crippen LogP contribution in [0, 0.1) is 0 Å². The quantitative estimate of drug-likeness (QED) is 0.851. The van der Waals surface area contributed by atoms with Crippen LogP contribution in [-0.2, 0) is 12.6 Å². The number of amides is 1. The smallest absolute Gasteiger partial charge is 0.337 e. The Morgan fingerprint density at radius 3 is 2.88 bits per heavy atom. The minimum atomic E-state index is -4.60. The Kier molecular flexibility index (Phi) is 4.78. The number of aromatic nitrogens is 3. The van der Waals surface area contributed by atoms with Crippen molar-refractivity contribution in [1.82, 2.24) is 19.4 Å². The van der Waals surface area contributed by atoms with Crippen LogP contribution in [0.5, 0.6) is 0 Å². The zero-order valence-electron chi connectivity index (χ0n) is 13.8. The zero-order chi connectivity index (χ0) is 18.0. The van der Waals surface area contributed by atoms with Crippen molar-refractivity contribution in [3.63, 3.8) is 0 Å². The van der Waals surface area contributed by atoms with Crippen LogP contribution in [0.25, 0.3) is 0 Å². The first-order valence-corrected chi connectivity index (χ1v) is 8.24. The highest BCUT2D eigenvalue weighted by molar-refractivity contribution is 5.95. The number of imidazole rings is 1. The molecule has 0 aliphatic carbocycles. The molecule has 0 radical (unpaired) electrons. The number of carbonyl (C=O) groups is 1. The van der Waals surface area contributed by atoms with E-state index in [1.54, 1.807) is 6.20 Å². The molecule has 0 N–H and O–H groups in total. The van der Waals surface area contributed by atoms with Crippen molar-refractivity contribution >= 4 is 5.91 Å². The molecule has 2 aromatic heterocycles. The first kappa shape index (κ1) is 17.4. The highest BCUT2D eigenvalue weighted by Gasteiger charge is 2.37. The van der Waals surface area contributed by atoms with Crippen LogP contribution in [-0.4, -0.2) is 38.4 Å². The Bertz CT molecular complexity index is 756. The molecule has 1 atom stereocenters. The number of halogens is 3. The van der Waals surface area contributed by atoms with Gasteiger partial charge in [0.25, 0.3) is 5.91 Å². The summed E-state index contributed by atoms with van der Waals surface area (Å²) in [7, 11) is 0. The molecule has 1 aliphatic rings. The molecular formula is C17H19F3N4O. The predicted molar refractivity (Wildman–Crippen MR) is 85.0 cm³/mol. The van der Waals surface area contributed by atoms with Gasteiger partial charge in [-0.05, 0) is 18.9 Å². The molecule has 1 unspecified atom stereocenters. The molecule has 134 valence electrons. The summed E-state index contributed by atoms with van der Waals surface area (Å²) >= 11 is 0. The molecule has 8 heteroatoms. The summed E-state index contributed by atoms with van der Waals surface area (Å²) in [6.07, 6.45) is 3.28. The summed E-state index contributed by atoms with van der Waals surface area (Å²) in [6, 6.07) is 1.18. The molecule has 2 aromatic rings. The Labute approximate surface area is 143 Å². The van der Waals surface area contributed by atoms with Crippen LogP contribution in [0.15, 0.2) is 30.9 Å². The molecular weight excluding hydrogens is 333 g/mol. The number of likely N-dealkylation sites (tertiary alicyclic amines) is 1. The molecule has 0 spiro atoms. The van der Waals surface area contributed by atoms with E-state index in [1.165, 1.54) is 11.1 Å². The monoisotopic (exact) mass is 352 g/mol. The van der Waals surface area contributed by atoms with E-state index in [1.807, 2.05) is 17.7 Å². The fraction of sp³-hybridized carbons (Fsp3) is 0.471. The summed E-state index contributed by atoms with van der Waals surface area (Å²) in [4.78, 5) is 22.0. The molecule has 1 fully saturated rings. The highest BCUT2D eigenvalue weighted by Crippen LogP contribution is 2.33. The molecule has 25 heavy (non-hydrogen) atoms. The SMILES string of the molecule is CCc1nccn1C1CCCN(C(=O)c2ccncc2C(F)(F)F)C1. The molecule has 0 bridgehead atoms. The van der Waals surface area contributed by atoms with Crippen LogP contribution in [0.3, 0.4) is 0 Å². The Hall–Kier alpha value is -2.38. The van der Waals surface area contributed by atoms with Crippen molar-refractivity contribution in [2.45, 2.75) is 38.4 Å². The zero-order valence-corrected chi connectivity index (χ0v) is 13.8. The van der Waals surface area contributed by atoms with Crippen molar-refractivity contribution in [1.29, 1.82) is 0 Å². The Morgan fingerprint density at radius 2 is 2.16 bits per heavy atom. The molecule has 1 amide bonds. The van der Waals surface area contributed by atoms with E-state index in [0.29, 0.717) is 19.3 Å². The average Bonchev–Trinajstić information content (AvgIpc) is 3.09. The van der Waals surface area contributed by atoms with Crippen LogP contribution >= 0.6 is 0 Å². The molecule has 5 nitrogen and oxygen atoms in total. The summed E-state index contributed by atoms with van der Waals surface area (Å²) in [5.41, 5.74) is -1.33. The number of aryl methyl sites for hydroxylation is 1. The third-order valence-electron chi connectivity index (χ3n) is 4.50. The maximum atomic E-state index is 13.2. The number of rotatable bonds is 3. The second-order valence-electron chi connectivity index (χ2n) is 6.07. The highest BCUT2D eigenvalue weighted by atomic mass is 19.4. The van der Waals surface area contributed by atoms with Gasteiger partial charge in [-0.2, -0.15) is 13.2 Å². The van der Waals surface area contributed by atoms with E-state index in [9.17, 15) is 18.0 Å². The van der Waals surface area contributed by atoms with E-state index >= 15 is 0 Å². The summed E-state index contributed by atoms with van der Waals surface area (Å²) in [5.74, 6) is 0.316. The lowest BCUT2D eigenvalue weighted by atomic mass is 10.0. The van der Waals surface area contributed by atoms with Gasteiger partial charge in [0, 0.05) is 44.3 Å². The van der Waals surface area contributed by atoms with Gasteiger partial charge < -0.3 is 9.47 Å². The van der Waals surface area contributed by atoms with Crippen LogP contribution < -0.4 is 0 Å².